The molecule has 8 heteroatoms. The fourth-order valence-electron chi connectivity index (χ4n) is 3.17. The van der Waals surface area contributed by atoms with E-state index in [0.29, 0.717) is 0 Å². The van der Waals surface area contributed by atoms with Crippen molar-refractivity contribution in [2.24, 2.45) is 0 Å². The smallest absolute Gasteiger partial charge is 0.321 e. The molecule has 0 heterocycles. The number of esters is 1. The molecular weight excluding hydrogens is 380 g/mol. The second kappa shape index (κ2) is 8.99. The lowest BCUT2D eigenvalue weighted by molar-refractivity contribution is -0.147. The minimum Gasteiger partial charge on any atom is -0.455 e. The molecule has 1 aliphatic carbocycles. The summed E-state index contributed by atoms with van der Waals surface area (Å²) < 4.78 is 31.2. The van der Waals surface area contributed by atoms with Crippen molar-refractivity contribution in [1.82, 2.24) is 10.0 Å². The number of carbonyl (C=O) groups excluding carboxylic acids is 2. The summed E-state index contributed by atoms with van der Waals surface area (Å²) in [4.78, 5) is 24.0. The van der Waals surface area contributed by atoms with Crippen LogP contribution in [0.1, 0.15) is 30.0 Å². The van der Waals surface area contributed by atoms with Crippen LogP contribution in [-0.4, -0.2) is 33.4 Å². The fraction of sp³-hybridized carbons (Fsp3) is 0.300. The van der Waals surface area contributed by atoms with E-state index in [1.54, 1.807) is 18.2 Å². The van der Waals surface area contributed by atoms with E-state index in [1.165, 1.54) is 17.7 Å². The largest absolute Gasteiger partial charge is 0.455 e. The highest BCUT2D eigenvalue weighted by molar-refractivity contribution is 7.89. The van der Waals surface area contributed by atoms with Gasteiger partial charge in [-0.1, -0.05) is 42.5 Å². The van der Waals surface area contributed by atoms with E-state index in [9.17, 15) is 18.0 Å². The summed E-state index contributed by atoms with van der Waals surface area (Å²) in [5, 5.41) is 2.87. The summed E-state index contributed by atoms with van der Waals surface area (Å²) in [7, 11) is -3.80. The van der Waals surface area contributed by atoms with Gasteiger partial charge in [-0.2, -0.15) is 4.72 Å². The molecule has 2 aromatic rings. The van der Waals surface area contributed by atoms with Gasteiger partial charge in [-0.3, -0.25) is 9.59 Å². The molecule has 3 rings (SSSR count). The Balaban J connectivity index is 1.46. The summed E-state index contributed by atoms with van der Waals surface area (Å²) in [6, 6.07) is 15.5. The maximum absolute atomic E-state index is 12.1. The van der Waals surface area contributed by atoms with Crippen molar-refractivity contribution in [3.05, 3.63) is 65.7 Å². The first-order chi connectivity index (χ1) is 13.5. The monoisotopic (exact) mass is 402 g/mol. The maximum atomic E-state index is 12.1. The minimum atomic E-state index is -3.80. The number of carbonyl (C=O) groups is 2. The SMILES string of the molecule is O=C(COC(=O)CNS(=O)(=O)c1ccccc1)N[C@@H]1CCCc2ccccc21. The third-order valence-electron chi connectivity index (χ3n) is 4.53. The quantitative estimate of drug-likeness (QED) is 0.687. The fourth-order valence-corrected chi connectivity index (χ4v) is 4.16. The van der Waals surface area contributed by atoms with E-state index >= 15 is 0 Å². The van der Waals surface area contributed by atoms with Crippen LogP contribution in [0.2, 0.25) is 0 Å². The Bertz CT molecular complexity index is 944. The average molecular weight is 402 g/mol. The van der Waals surface area contributed by atoms with Gasteiger partial charge in [0, 0.05) is 0 Å². The van der Waals surface area contributed by atoms with Crippen molar-refractivity contribution in [3.63, 3.8) is 0 Å². The molecule has 1 aliphatic rings. The van der Waals surface area contributed by atoms with Crippen LogP contribution < -0.4 is 10.0 Å². The van der Waals surface area contributed by atoms with Crippen molar-refractivity contribution in [3.8, 4) is 0 Å². The standard InChI is InChI=1S/C20H22N2O5S/c23-19(22-18-12-6-8-15-7-4-5-11-17(15)18)14-27-20(24)13-21-28(25,26)16-9-2-1-3-10-16/h1-5,7,9-11,18,21H,6,8,12-14H2,(H,22,23)/t18-/m1/s1. The van der Waals surface area contributed by atoms with Crippen LogP contribution in [0.5, 0.6) is 0 Å². The number of ether oxygens (including phenoxy) is 1. The number of sulfonamides is 1. The molecule has 0 spiro atoms. The predicted octanol–water partition coefficient (Wildman–Crippen LogP) is 1.70. The predicted molar refractivity (Wildman–Crippen MR) is 103 cm³/mol. The molecule has 2 N–H and O–H groups in total. The van der Waals surface area contributed by atoms with E-state index in [4.69, 9.17) is 4.74 Å². The highest BCUT2D eigenvalue weighted by atomic mass is 32.2. The first-order valence-corrected chi connectivity index (χ1v) is 10.5. The lowest BCUT2D eigenvalue weighted by Gasteiger charge is -2.26. The van der Waals surface area contributed by atoms with Crippen LogP contribution in [0.4, 0.5) is 0 Å². The van der Waals surface area contributed by atoms with Gasteiger partial charge in [0.05, 0.1) is 10.9 Å². The van der Waals surface area contributed by atoms with Gasteiger partial charge >= 0.3 is 5.97 Å². The molecule has 7 nitrogen and oxygen atoms in total. The lowest BCUT2D eigenvalue weighted by Crippen LogP contribution is -2.36. The number of fused-ring (bicyclic) bond motifs is 1. The highest BCUT2D eigenvalue weighted by Crippen LogP contribution is 2.29. The zero-order valence-electron chi connectivity index (χ0n) is 15.3. The van der Waals surface area contributed by atoms with E-state index in [1.807, 2.05) is 24.3 Å². The van der Waals surface area contributed by atoms with Crippen LogP contribution in [0, 0.1) is 0 Å². The van der Waals surface area contributed by atoms with Crippen LogP contribution in [0.3, 0.4) is 0 Å². The molecule has 0 saturated heterocycles. The first-order valence-electron chi connectivity index (χ1n) is 9.03. The van der Waals surface area contributed by atoms with Gasteiger partial charge in [0.15, 0.2) is 6.61 Å². The molecule has 0 fully saturated rings. The molecule has 28 heavy (non-hydrogen) atoms. The number of rotatable bonds is 7. The highest BCUT2D eigenvalue weighted by Gasteiger charge is 2.22. The van der Waals surface area contributed by atoms with Gasteiger partial charge in [0.25, 0.3) is 5.91 Å². The van der Waals surface area contributed by atoms with Crippen molar-refractivity contribution in [2.75, 3.05) is 13.2 Å². The molecule has 0 aromatic heterocycles. The maximum Gasteiger partial charge on any atom is 0.321 e. The average Bonchev–Trinajstić information content (AvgIpc) is 2.72. The number of benzene rings is 2. The Hall–Kier alpha value is -2.71. The van der Waals surface area contributed by atoms with Crippen LogP contribution in [-0.2, 0) is 30.8 Å². The Morgan fingerprint density at radius 1 is 1.04 bits per heavy atom. The lowest BCUT2D eigenvalue weighted by atomic mass is 9.88. The molecular formula is C20H22N2O5S. The molecule has 1 atom stereocenters. The second-order valence-electron chi connectivity index (χ2n) is 6.51. The third-order valence-corrected chi connectivity index (χ3v) is 5.95. The molecule has 0 aliphatic heterocycles. The van der Waals surface area contributed by atoms with Gasteiger partial charge in [0.2, 0.25) is 10.0 Å². The van der Waals surface area contributed by atoms with Crippen LogP contribution in [0.15, 0.2) is 59.5 Å². The van der Waals surface area contributed by atoms with Crippen LogP contribution >= 0.6 is 0 Å². The molecule has 148 valence electrons. The summed E-state index contributed by atoms with van der Waals surface area (Å²) in [6.45, 7) is -0.999. The molecule has 0 bridgehead atoms. The summed E-state index contributed by atoms with van der Waals surface area (Å²) in [5.41, 5.74) is 2.30. The minimum absolute atomic E-state index is 0.0523. The normalized spacial score (nSPS) is 16.1. The number of hydrogen-bond donors (Lipinski definition) is 2. The summed E-state index contributed by atoms with van der Waals surface area (Å²) in [6.07, 6.45) is 2.79. The van der Waals surface area contributed by atoms with Gasteiger partial charge < -0.3 is 10.1 Å². The summed E-state index contributed by atoms with van der Waals surface area (Å²) >= 11 is 0. The number of aryl methyl sites for hydroxylation is 1. The Morgan fingerprint density at radius 2 is 1.75 bits per heavy atom. The molecule has 0 saturated carbocycles. The summed E-state index contributed by atoms with van der Waals surface area (Å²) in [5.74, 6) is -1.24. The Kier molecular flexibility index (Phi) is 6.43. The zero-order chi connectivity index (χ0) is 20.0. The molecule has 1 amide bonds. The van der Waals surface area contributed by atoms with Crippen molar-refractivity contribution < 1.29 is 22.7 Å². The topological polar surface area (TPSA) is 102 Å². The third kappa shape index (κ3) is 5.17. The van der Waals surface area contributed by atoms with Gasteiger partial charge in [-0.05, 0) is 42.5 Å². The zero-order valence-corrected chi connectivity index (χ0v) is 16.1. The number of amides is 1. The Labute approximate surface area is 164 Å². The number of hydrogen-bond acceptors (Lipinski definition) is 5. The first kappa shape index (κ1) is 20.0. The van der Waals surface area contributed by atoms with Crippen molar-refractivity contribution in [1.29, 1.82) is 0 Å². The van der Waals surface area contributed by atoms with E-state index in [2.05, 4.69) is 10.0 Å². The van der Waals surface area contributed by atoms with Crippen molar-refractivity contribution >= 4 is 21.9 Å². The van der Waals surface area contributed by atoms with Crippen molar-refractivity contribution in [2.45, 2.75) is 30.2 Å². The second-order valence-corrected chi connectivity index (χ2v) is 8.28. The van der Waals surface area contributed by atoms with E-state index < -0.39 is 35.1 Å². The van der Waals surface area contributed by atoms with Gasteiger partial charge in [-0.25, -0.2) is 8.42 Å². The van der Waals surface area contributed by atoms with E-state index in [-0.39, 0.29) is 10.9 Å². The Morgan fingerprint density at radius 3 is 2.54 bits per heavy atom. The molecule has 0 radical (unpaired) electrons. The number of nitrogens with one attached hydrogen (secondary N) is 2. The molecule has 0 unspecified atom stereocenters. The van der Waals surface area contributed by atoms with E-state index in [0.717, 1.165) is 24.8 Å². The van der Waals surface area contributed by atoms with Gasteiger partial charge in [0.1, 0.15) is 6.54 Å². The van der Waals surface area contributed by atoms with Gasteiger partial charge in [-0.15, -0.1) is 0 Å². The molecule has 2 aromatic carbocycles. The van der Waals surface area contributed by atoms with Crippen LogP contribution in [0.25, 0.3) is 0 Å².